The number of rotatable bonds is 5. The average molecular weight is 364 g/mol. The number of hydrogen-bond acceptors (Lipinski definition) is 4. The number of ether oxygens (including phenoxy) is 1. The van der Waals surface area contributed by atoms with Crippen molar-refractivity contribution in [3.63, 3.8) is 0 Å². The molecule has 1 aromatic heterocycles. The van der Waals surface area contributed by atoms with Crippen LogP contribution in [-0.4, -0.2) is 18.0 Å². The summed E-state index contributed by atoms with van der Waals surface area (Å²) in [6.07, 6.45) is 3.26. The van der Waals surface area contributed by atoms with E-state index < -0.39 is 0 Å². The molecule has 4 nitrogen and oxygen atoms in total. The highest BCUT2D eigenvalue weighted by Crippen LogP contribution is 2.26. The molecule has 0 aliphatic rings. The molecule has 0 saturated heterocycles. The van der Waals surface area contributed by atoms with E-state index in [0.29, 0.717) is 5.13 Å². The van der Waals surface area contributed by atoms with E-state index in [1.807, 2.05) is 35.7 Å². The van der Waals surface area contributed by atoms with Gasteiger partial charge in [-0.15, -0.1) is 11.3 Å². The maximum absolute atomic E-state index is 12.1. The van der Waals surface area contributed by atoms with E-state index in [1.54, 1.807) is 13.2 Å². The van der Waals surface area contributed by atoms with Crippen molar-refractivity contribution >= 4 is 28.5 Å². The van der Waals surface area contributed by atoms with E-state index in [0.717, 1.165) is 22.6 Å². The third kappa shape index (κ3) is 4.37. The van der Waals surface area contributed by atoms with Crippen molar-refractivity contribution in [2.24, 2.45) is 0 Å². The van der Waals surface area contributed by atoms with Gasteiger partial charge in [-0.1, -0.05) is 24.3 Å². The zero-order valence-corrected chi connectivity index (χ0v) is 15.8. The summed E-state index contributed by atoms with van der Waals surface area (Å²) in [7, 11) is 1.62. The van der Waals surface area contributed by atoms with Crippen LogP contribution < -0.4 is 10.1 Å². The number of benzene rings is 2. The van der Waals surface area contributed by atoms with Crippen molar-refractivity contribution in [1.29, 1.82) is 0 Å². The number of aryl methyl sites for hydroxylation is 2. The van der Waals surface area contributed by atoms with Crippen LogP contribution in [0.3, 0.4) is 0 Å². The van der Waals surface area contributed by atoms with E-state index >= 15 is 0 Å². The van der Waals surface area contributed by atoms with E-state index in [2.05, 4.69) is 36.3 Å². The quantitative estimate of drug-likeness (QED) is 0.642. The van der Waals surface area contributed by atoms with Gasteiger partial charge in [-0.3, -0.25) is 10.1 Å². The molecule has 0 bridgehead atoms. The number of carbonyl (C=O) groups excluding carboxylic acids is 1. The van der Waals surface area contributed by atoms with Crippen molar-refractivity contribution in [2.75, 3.05) is 12.4 Å². The maximum atomic E-state index is 12.1. The van der Waals surface area contributed by atoms with Crippen molar-refractivity contribution in [1.82, 2.24) is 4.98 Å². The van der Waals surface area contributed by atoms with Gasteiger partial charge in [0, 0.05) is 17.0 Å². The molecule has 1 heterocycles. The van der Waals surface area contributed by atoms with Crippen LogP contribution in [0.1, 0.15) is 16.7 Å². The van der Waals surface area contributed by atoms with Gasteiger partial charge in [0.25, 0.3) is 0 Å². The van der Waals surface area contributed by atoms with E-state index in [-0.39, 0.29) is 5.91 Å². The first-order valence-corrected chi connectivity index (χ1v) is 9.09. The van der Waals surface area contributed by atoms with Gasteiger partial charge in [0.05, 0.1) is 12.8 Å². The van der Waals surface area contributed by atoms with Crippen LogP contribution in [0.4, 0.5) is 5.13 Å². The van der Waals surface area contributed by atoms with Gasteiger partial charge in [0.15, 0.2) is 5.13 Å². The fourth-order valence-corrected chi connectivity index (χ4v) is 3.12. The Morgan fingerprint density at radius 3 is 2.58 bits per heavy atom. The molecule has 0 unspecified atom stereocenters. The lowest BCUT2D eigenvalue weighted by molar-refractivity contribution is -0.111. The first-order chi connectivity index (χ1) is 12.5. The Kier molecular flexibility index (Phi) is 5.49. The number of aromatic nitrogens is 1. The maximum Gasteiger partial charge on any atom is 0.250 e. The summed E-state index contributed by atoms with van der Waals surface area (Å²) in [6.45, 7) is 4.17. The van der Waals surface area contributed by atoms with E-state index in [4.69, 9.17) is 4.74 Å². The smallest absolute Gasteiger partial charge is 0.250 e. The Bertz CT molecular complexity index is 943. The van der Waals surface area contributed by atoms with Gasteiger partial charge < -0.3 is 4.74 Å². The number of amides is 1. The fraction of sp³-hybridized carbons (Fsp3) is 0.143. The fourth-order valence-electron chi connectivity index (χ4n) is 2.40. The summed E-state index contributed by atoms with van der Waals surface area (Å²) in [4.78, 5) is 16.6. The predicted octanol–water partition coefficient (Wildman–Crippen LogP) is 5.09. The number of anilines is 1. The molecule has 0 atom stereocenters. The van der Waals surface area contributed by atoms with E-state index in [9.17, 15) is 4.79 Å². The molecule has 0 aliphatic heterocycles. The molecule has 26 heavy (non-hydrogen) atoms. The molecule has 1 amide bonds. The summed E-state index contributed by atoms with van der Waals surface area (Å²) in [5.41, 5.74) is 5.33. The standard InChI is InChI=1S/C21H20N2O2S/c1-14-4-8-17(12-15(14)2)19-13-26-21(22-19)23-20(24)11-7-16-5-9-18(25-3)10-6-16/h4-13H,1-3H3,(H,22,23,24). The lowest BCUT2D eigenvalue weighted by Gasteiger charge is -2.02. The highest BCUT2D eigenvalue weighted by Gasteiger charge is 2.07. The van der Waals surface area contributed by atoms with Crippen LogP contribution in [-0.2, 0) is 4.79 Å². The minimum absolute atomic E-state index is 0.207. The van der Waals surface area contributed by atoms with E-state index in [1.165, 1.54) is 28.5 Å². The number of nitrogens with one attached hydrogen (secondary N) is 1. The van der Waals surface area contributed by atoms with Gasteiger partial charge in [-0.25, -0.2) is 4.98 Å². The minimum atomic E-state index is -0.207. The summed E-state index contributed by atoms with van der Waals surface area (Å²) in [6, 6.07) is 13.7. The van der Waals surface area contributed by atoms with Crippen LogP contribution in [0, 0.1) is 13.8 Å². The average Bonchev–Trinajstić information content (AvgIpc) is 3.11. The normalized spacial score (nSPS) is 10.9. The molecule has 5 heteroatoms. The van der Waals surface area contributed by atoms with Crippen LogP contribution in [0.2, 0.25) is 0 Å². The number of hydrogen-bond donors (Lipinski definition) is 1. The Morgan fingerprint density at radius 2 is 1.88 bits per heavy atom. The van der Waals surface area contributed by atoms with Gasteiger partial charge >= 0.3 is 0 Å². The molecular formula is C21H20N2O2S. The van der Waals surface area contributed by atoms with Crippen LogP contribution in [0.15, 0.2) is 53.9 Å². The number of methoxy groups -OCH3 is 1. The molecule has 132 valence electrons. The highest BCUT2D eigenvalue weighted by molar-refractivity contribution is 7.14. The molecule has 3 aromatic rings. The zero-order valence-electron chi connectivity index (χ0n) is 14.9. The Balaban J connectivity index is 1.65. The number of thiazole rings is 1. The predicted molar refractivity (Wildman–Crippen MR) is 108 cm³/mol. The van der Waals surface area contributed by atoms with Crippen LogP contribution in [0.5, 0.6) is 5.75 Å². The molecule has 2 aromatic carbocycles. The van der Waals surface area contributed by atoms with Crippen molar-refractivity contribution in [3.8, 4) is 17.0 Å². The summed E-state index contributed by atoms with van der Waals surface area (Å²) >= 11 is 1.42. The molecule has 0 fully saturated rings. The lowest BCUT2D eigenvalue weighted by atomic mass is 10.1. The molecular weight excluding hydrogens is 344 g/mol. The number of carbonyl (C=O) groups is 1. The van der Waals surface area contributed by atoms with Crippen LogP contribution in [0.25, 0.3) is 17.3 Å². The highest BCUT2D eigenvalue weighted by atomic mass is 32.1. The second kappa shape index (κ2) is 7.97. The second-order valence-corrected chi connectivity index (χ2v) is 6.79. The Morgan fingerprint density at radius 1 is 1.12 bits per heavy atom. The Hall–Kier alpha value is -2.92. The van der Waals surface area contributed by atoms with Crippen molar-refractivity contribution < 1.29 is 9.53 Å². The molecule has 0 aliphatic carbocycles. The third-order valence-electron chi connectivity index (χ3n) is 4.08. The van der Waals surface area contributed by atoms with Gasteiger partial charge in [-0.2, -0.15) is 0 Å². The van der Waals surface area contributed by atoms with Crippen LogP contribution >= 0.6 is 11.3 Å². The largest absolute Gasteiger partial charge is 0.497 e. The molecule has 0 radical (unpaired) electrons. The van der Waals surface area contributed by atoms with Gasteiger partial charge in [0.2, 0.25) is 5.91 Å². The molecule has 0 spiro atoms. The SMILES string of the molecule is COc1ccc(C=CC(=O)Nc2nc(-c3ccc(C)c(C)c3)cs2)cc1. The topological polar surface area (TPSA) is 51.2 Å². The minimum Gasteiger partial charge on any atom is -0.497 e. The summed E-state index contributed by atoms with van der Waals surface area (Å²) < 4.78 is 5.12. The number of nitrogens with zero attached hydrogens (tertiary/aromatic N) is 1. The van der Waals surface area contributed by atoms with Gasteiger partial charge in [0.1, 0.15) is 5.75 Å². The zero-order chi connectivity index (χ0) is 18.5. The second-order valence-electron chi connectivity index (χ2n) is 5.93. The summed E-state index contributed by atoms with van der Waals surface area (Å²) in [5.74, 6) is 0.579. The molecule has 3 rings (SSSR count). The monoisotopic (exact) mass is 364 g/mol. The first-order valence-electron chi connectivity index (χ1n) is 8.21. The first kappa shape index (κ1) is 17.9. The van der Waals surface area contributed by atoms with Gasteiger partial charge in [-0.05, 0) is 54.8 Å². The summed E-state index contributed by atoms with van der Waals surface area (Å²) in [5, 5.41) is 5.34. The van der Waals surface area contributed by atoms with Crippen molar-refractivity contribution in [2.45, 2.75) is 13.8 Å². The molecule has 1 N–H and O–H groups in total. The lowest BCUT2D eigenvalue weighted by Crippen LogP contribution is -2.07. The third-order valence-corrected chi connectivity index (χ3v) is 4.84. The molecule has 0 saturated carbocycles. The Labute approximate surface area is 157 Å². The van der Waals surface area contributed by atoms with Crippen molar-refractivity contribution in [3.05, 3.63) is 70.6 Å².